The minimum absolute atomic E-state index is 0.324. The number of nitrogens with zero attached hydrogens (tertiary/aromatic N) is 1. The van der Waals surface area contributed by atoms with E-state index in [1.807, 2.05) is 0 Å². The molecule has 1 saturated heterocycles. The second-order valence-electron chi connectivity index (χ2n) is 2.54. The summed E-state index contributed by atoms with van der Waals surface area (Å²) in [6.07, 6.45) is 2.08. The van der Waals surface area contributed by atoms with Crippen molar-refractivity contribution in [1.29, 1.82) is 0 Å². The Morgan fingerprint density at radius 1 is 1.44 bits per heavy atom. The van der Waals surface area contributed by atoms with Crippen molar-refractivity contribution in [3.8, 4) is 0 Å². The Kier molecular flexibility index (Phi) is 2.76. The molecule has 2 nitrogen and oxygen atoms in total. The number of aliphatic hydroxyl groups excluding tert-OH is 1. The highest BCUT2D eigenvalue weighted by molar-refractivity contribution is 6.13. The van der Waals surface area contributed by atoms with Gasteiger partial charge < -0.3 is 5.11 Å². The first-order valence-corrected chi connectivity index (χ1v) is 3.68. The van der Waals surface area contributed by atoms with Crippen LogP contribution in [0.1, 0.15) is 12.8 Å². The summed E-state index contributed by atoms with van der Waals surface area (Å²) in [5.74, 6) is 0.500. The second kappa shape index (κ2) is 3.40. The highest BCUT2D eigenvalue weighted by atomic mass is 35.5. The van der Waals surface area contributed by atoms with Crippen LogP contribution in [0.25, 0.3) is 0 Å². The van der Waals surface area contributed by atoms with Gasteiger partial charge in [-0.2, -0.15) is 0 Å². The van der Waals surface area contributed by atoms with Gasteiger partial charge >= 0.3 is 0 Å². The molecule has 0 atom stereocenters. The summed E-state index contributed by atoms with van der Waals surface area (Å²) in [5, 5.41) is 8.72. The zero-order valence-corrected chi connectivity index (χ0v) is 6.14. The average molecular weight is 150 g/mol. The van der Waals surface area contributed by atoms with E-state index in [4.69, 9.17) is 16.9 Å². The molecule has 0 amide bonds. The maximum Gasteiger partial charge on any atom is 0.0460 e. The van der Waals surface area contributed by atoms with Crippen LogP contribution < -0.4 is 0 Å². The molecule has 1 rings (SSSR count). The predicted molar refractivity (Wildman–Crippen MR) is 37.2 cm³/mol. The van der Waals surface area contributed by atoms with Crippen LogP contribution in [0.5, 0.6) is 0 Å². The Morgan fingerprint density at radius 2 is 2.00 bits per heavy atom. The fourth-order valence-electron chi connectivity index (χ4n) is 1.08. The van der Waals surface area contributed by atoms with Gasteiger partial charge in [-0.15, -0.1) is 0 Å². The smallest absolute Gasteiger partial charge is 0.0460 e. The van der Waals surface area contributed by atoms with Crippen LogP contribution in [-0.4, -0.2) is 29.2 Å². The summed E-state index contributed by atoms with van der Waals surface area (Å²) in [7, 11) is 0. The number of hydrogen-bond donors (Lipinski definition) is 1. The molecular weight excluding hydrogens is 138 g/mol. The molecule has 0 aromatic carbocycles. The minimum atomic E-state index is 0.324. The predicted octanol–water partition coefficient (Wildman–Crippen LogP) is 0.845. The lowest BCUT2D eigenvalue weighted by atomic mass is 10.00. The molecule has 0 spiro atoms. The molecule has 1 heterocycles. The fraction of sp³-hybridized carbons (Fsp3) is 1.00. The van der Waals surface area contributed by atoms with Crippen molar-refractivity contribution in [3.63, 3.8) is 0 Å². The summed E-state index contributed by atoms with van der Waals surface area (Å²) in [5.41, 5.74) is 0. The largest absolute Gasteiger partial charge is 0.396 e. The molecule has 0 bridgehead atoms. The molecule has 1 N–H and O–H groups in total. The molecular formula is C6H12ClNO. The van der Waals surface area contributed by atoms with Crippen molar-refractivity contribution in [1.82, 2.24) is 4.42 Å². The van der Waals surface area contributed by atoms with Crippen LogP contribution in [-0.2, 0) is 0 Å². The molecule has 1 fully saturated rings. The molecule has 9 heavy (non-hydrogen) atoms. The average Bonchev–Trinajstić information content (AvgIpc) is 1.90. The van der Waals surface area contributed by atoms with E-state index in [9.17, 15) is 0 Å². The Morgan fingerprint density at radius 3 is 2.44 bits per heavy atom. The quantitative estimate of drug-likeness (QED) is 0.559. The van der Waals surface area contributed by atoms with Gasteiger partial charge in [0.2, 0.25) is 0 Å². The highest BCUT2D eigenvalue weighted by Crippen LogP contribution is 2.16. The van der Waals surface area contributed by atoms with E-state index >= 15 is 0 Å². The molecule has 0 radical (unpaired) electrons. The highest BCUT2D eigenvalue weighted by Gasteiger charge is 2.15. The van der Waals surface area contributed by atoms with Gasteiger partial charge in [-0.25, -0.2) is 4.42 Å². The van der Waals surface area contributed by atoms with E-state index in [0.29, 0.717) is 12.5 Å². The summed E-state index contributed by atoms with van der Waals surface area (Å²) in [4.78, 5) is 0. The van der Waals surface area contributed by atoms with Crippen molar-refractivity contribution < 1.29 is 5.11 Å². The lowest BCUT2D eigenvalue weighted by Gasteiger charge is -2.25. The van der Waals surface area contributed by atoms with Gasteiger partial charge in [0.25, 0.3) is 0 Å². The maximum atomic E-state index is 8.72. The summed E-state index contributed by atoms with van der Waals surface area (Å²) >= 11 is 5.69. The van der Waals surface area contributed by atoms with Gasteiger partial charge in [0.1, 0.15) is 0 Å². The standard InChI is InChI=1S/C6H12ClNO/c7-8-3-1-6(5-9)2-4-8/h6,9H,1-5H2. The van der Waals surface area contributed by atoms with Crippen LogP contribution in [0.3, 0.4) is 0 Å². The third kappa shape index (κ3) is 2.12. The third-order valence-electron chi connectivity index (χ3n) is 1.82. The first kappa shape index (κ1) is 7.32. The molecule has 0 saturated carbocycles. The second-order valence-corrected chi connectivity index (χ2v) is 3.01. The Balaban J connectivity index is 2.18. The van der Waals surface area contributed by atoms with Crippen LogP contribution in [0.2, 0.25) is 0 Å². The van der Waals surface area contributed by atoms with E-state index in [1.165, 1.54) is 0 Å². The zero-order valence-electron chi connectivity index (χ0n) is 5.39. The number of halogens is 1. The van der Waals surface area contributed by atoms with Crippen LogP contribution >= 0.6 is 11.8 Å². The summed E-state index contributed by atoms with van der Waals surface area (Å²) in [6.45, 7) is 2.17. The Bertz CT molecular complexity index is 81.1. The molecule has 54 valence electrons. The van der Waals surface area contributed by atoms with E-state index in [1.54, 1.807) is 4.42 Å². The van der Waals surface area contributed by atoms with Crippen molar-refractivity contribution in [2.45, 2.75) is 12.8 Å². The van der Waals surface area contributed by atoms with Gasteiger partial charge in [0, 0.05) is 19.7 Å². The van der Waals surface area contributed by atoms with Crippen molar-refractivity contribution in [2.24, 2.45) is 5.92 Å². The van der Waals surface area contributed by atoms with Crippen LogP contribution in [0.4, 0.5) is 0 Å². The minimum Gasteiger partial charge on any atom is -0.396 e. The molecule has 3 heteroatoms. The van der Waals surface area contributed by atoms with Gasteiger partial charge in [-0.05, 0) is 30.5 Å². The maximum absolute atomic E-state index is 8.72. The van der Waals surface area contributed by atoms with E-state index in [0.717, 1.165) is 25.9 Å². The molecule has 1 aliphatic rings. The van der Waals surface area contributed by atoms with E-state index in [2.05, 4.69) is 0 Å². The van der Waals surface area contributed by atoms with Crippen LogP contribution in [0.15, 0.2) is 0 Å². The summed E-state index contributed by atoms with van der Waals surface area (Å²) in [6, 6.07) is 0. The lowest BCUT2D eigenvalue weighted by molar-refractivity contribution is 0.172. The van der Waals surface area contributed by atoms with Gasteiger partial charge in [-0.1, -0.05) is 0 Å². The molecule has 0 aromatic heterocycles. The van der Waals surface area contributed by atoms with Crippen LogP contribution in [0, 0.1) is 5.92 Å². The number of hydrogen-bond acceptors (Lipinski definition) is 2. The van der Waals surface area contributed by atoms with Crippen molar-refractivity contribution >= 4 is 11.8 Å². The monoisotopic (exact) mass is 149 g/mol. The first-order valence-electron chi connectivity index (χ1n) is 3.34. The zero-order chi connectivity index (χ0) is 6.69. The normalized spacial score (nSPS) is 24.7. The summed E-state index contributed by atoms with van der Waals surface area (Å²) < 4.78 is 1.78. The van der Waals surface area contributed by atoms with Crippen molar-refractivity contribution in [2.75, 3.05) is 19.7 Å². The van der Waals surface area contributed by atoms with Gasteiger partial charge in [0.05, 0.1) is 0 Å². The topological polar surface area (TPSA) is 23.5 Å². The SMILES string of the molecule is OCC1CCN(Cl)CC1. The Hall–Kier alpha value is 0.210. The fourth-order valence-corrected chi connectivity index (χ4v) is 1.28. The molecule has 0 aromatic rings. The number of rotatable bonds is 1. The van der Waals surface area contributed by atoms with Gasteiger partial charge in [-0.3, -0.25) is 0 Å². The first-order chi connectivity index (χ1) is 4.33. The molecule has 0 unspecified atom stereocenters. The Labute approximate surface area is 60.5 Å². The van der Waals surface area contributed by atoms with Crippen molar-refractivity contribution in [3.05, 3.63) is 0 Å². The number of piperidine rings is 1. The van der Waals surface area contributed by atoms with E-state index in [-0.39, 0.29) is 0 Å². The molecule has 0 aliphatic carbocycles. The molecule has 1 aliphatic heterocycles. The lowest BCUT2D eigenvalue weighted by Crippen LogP contribution is -2.27. The third-order valence-corrected chi connectivity index (χ3v) is 2.16. The van der Waals surface area contributed by atoms with E-state index < -0.39 is 0 Å². The van der Waals surface area contributed by atoms with Gasteiger partial charge in [0.15, 0.2) is 0 Å². The number of aliphatic hydroxyl groups is 1.